The molecular weight excluding hydrogens is 694 g/mol. The SMILES string of the molecule is CCOc1ccc([C@@H]2C(C(=O)OC)=CN=c3s/c(=C\c4cc(Br)c(OCc5cccc([N+](=O)[O-])c5)c(OC)c4)c(=O)n32)cc1OCC. The number of nitro benzene ring substituents is 1. The highest BCUT2D eigenvalue weighted by Gasteiger charge is 2.31. The van der Waals surface area contributed by atoms with Crippen LogP contribution >= 0.6 is 27.3 Å². The maximum atomic E-state index is 14.0. The molecule has 1 aliphatic rings. The highest BCUT2D eigenvalue weighted by molar-refractivity contribution is 9.10. The quantitative estimate of drug-likeness (QED) is 0.111. The Bertz CT molecular complexity index is 2050. The molecule has 244 valence electrons. The molecule has 4 aromatic rings. The van der Waals surface area contributed by atoms with Crippen molar-refractivity contribution in [1.29, 1.82) is 0 Å². The second-order valence-corrected chi connectivity index (χ2v) is 11.9. The van der Waals surface area contributed by atoms with Crippen molar-refractivity contribution in [2.45, 2.75) is 26.5 Å². The van der Waals surface area contributed by atoms with Gasteiger partial charge in [-0.15, -0.1) is 0 Å². The Kier molecular flexibility index (Phi) is 10.4. The van der Waals surface area contributed by atoms with E-state index in [-0.39, 0.29) is 23.4 Å². The van der Waals surface area contributed by atoms with Crippen LogP contribution in [0.5, 0.6) is 23.0 Å². The lowest BCUT2D eigenvalue weighted by atomic mass is 9.97. The lowest BCUT2D eigenvalue weighted by Gasteiger charge is -2.23. The number of halogens is 1. The third kappa shape index (κ3) is 7.08. The number of methoxy groups -OCH3 is 2. The summed E-state index contributed by atoms with van der Waals surface area (Å²) >= 11 is 4.70. The first-order valence-electron chi connectivity index (χ1n) is 14.4. The van der Waals surface area contributed by atoms with Crippen LogP contribution in [0.1, 0.15) is 36.6 Å². The van der Waals surface area contributed by atoms with Gasteiger partial charge in [0.25, 0.3) is 11.2 Å². The fraction of sp³-hybridized carbons (Fsp3) is 0.242. The molecule has 0 fully saturated rings. The van der Waals surface area contributed by atoms with Gasteiger partial charge in [0.15, 0.2) is 27.8 Å². The number of thiazole rings is 1. The van der Waals surface area contributed by atoms with Crippen LogP contribution in [0.2, 0.25) is 0 Å². The minimum absolute atomic E-state index is 0.0350. The Morgan fingerprint density at radius 1 is 1.04 bits per heavy atom. The number of hydrogen-bond donors (Lipinski definition) is 0. The summed E-state index contributed by atoms with van der Waals surface area (Å²) in [5, 5.41) is 11.2. The average Bonchev–Trinajstić information content (AvgIpc) is 3.38. The van der Waals surface area contributed by atoms with Gasteiger partial charge in [-0.3, -0.25) is 19.5 Å². The van der Waals surface area contributed by atoms with Gasteiger partial charge in [-0.25, -0.2) is 9.79 Å². The zero-order valence-corrected chi connectivity index (χ0v) is 28.3. The van der Waals surface area contributed by atoms with Gasteiger partial charge < -0.3 is 23.7 Å². The van der Waals surface area contributed by atoms with E-state index in [9.17, 15) is 19.7 Å². The summed E-state index contributed by atoms with van der Waals surface area (Å²) < 4.78 is 30.5. The molecule has 0 saturated heterocycles. The maximum Gasteiger partial charge on any atom is 0.337 e. The van der Waals surface area contributed by atoms with Gasteiger partial charge in [0.05, 0.1) is 53.0 Å². The summed E-state index contributed by atoms with van der Waals surface area (Å²) in [6, 6.07) is 14.1. The Labute approximate surface area is 281 Å². The van der Waals surface area contributed by atoms with Crippen molar-refractivity contribution in [3.8, 4) is 23.0 Å². The van der Waals surface area contributed by atoms with E-state index in [1.807, 2.05) is 13.8 Å². The number of hydrogen-bond acceptors (Lipinski definition) is 11. The van der Waals surface area contributed by atoms with Crippen LogP contribution in [-0.4, -0.2) is 42.9 Å². The molecule has 0 spiro atoms. The lowest BCUT2D eigenvalue weighted by Crippen LogP contribution is -2.39. The second kappa shape index (κ2) is 14.6. The number of ether oxygens (including phenoxy) is 5. The van der Waals surface area contributed by atoms with Crippen molar-refractivity contribution in [1.82, 2.24) is 4.57 Å². The molecule has 2 heterocycles. The molecule has 0 radical (unpaired) electrons. The van der Waals surface area contributed by atoms with Crippen molar-refractivity contribution in [2.24, 2.45) is 4.99 Å². The molecule has 0 N–H and O–H groups in total. The van der Waals surface area contributed by atoms with E-state index in [1.54, 1.807) is 48.5 Å². The molecule has 1 aromatic heterocycles. The van der Waals surface area contributed by atoms with E-state index in [1.165, 1.54) is 48.5 Å². The minimum Gasteiger partial charge on any atom is -0.493 e. The number of fused-ring (bicyclic) bond motifs is 1. The van der Waals surface area contributed by atoms with Gasteiger partial charge >= 0.3 is 5.97 Å². The number of rotatable bonds is 12. The number of carbonyl (C=O) groups is 1. The first-order chi connectivity index (χ1) is 22.7. The molecule has 0 aliphatic carbocycles. The monoisotopic (exact) mass is 723 g/mol. The minimum atomic E-state index is -0.832. The van der Waals surface area contributed by atoms with Crippen LogP contribution in [0.15, 0.2) is 80.6 Å². The molecule has 0 saturated carbocycles. The second-order valence-electron chi connectivity index (χ2n) is 10.00. The summed E-state index contributed by atoms with van der Waals surface area (Å²) in [7, 11) is 2.76. The van der Waals surface area contributed by atoms with Gasteiger partial charge in [0.1, 0.15) is 6.61 Å². The van der Waals surface area contributed by atoms with Crippen molar-refractivity contribution < 1.29 is 33.4 Å². The first kappa shape index (κ1) is 33.4. The van der Waals surface area contributed by atoms with Crippen LogP contribution in [0.4, 0.5) is 5.69 Å². The molecule has 5 rings (SSSR count). The number of esters is 1. The Balaban J connectivity index is 1.54. The molecule has 12 nitrogen and oxygen atoms in total. The predicted molar refractivity (Wildman–Crippen MR) is 178 cm³/mol. The molecule has 1 aliphatic heterocycles. The summed E-state index contributed by atoms with van der Waals surface area (Å²) in [5.74, 6) is 1.19. The van der Waals surface area contributed by atoms with Crippen molar-refractivity contribution >= 4 is 45.0 Å². The molecule has 3 aromatic carbocycles. The Morgan fingerprint density at radius 3 is 2.51 bits per heavy atom. The van der Waals surface area contributed by atoms with Crippen LogP contribution in [0, 0.1) is 10.1 Å². The van der Waals surface area contributed by atoms with Gasteiger partial charge in [0, 0.05) is 18.3 Å². The molecular formula is C33H30BrN3O9S. The highest BCUT2D eigenvalue weighted by Crippen LogP contribution is 2.38. The number of aromatic nitrogens is 1. The number of non-ortho nitro benzene ring substituents is 1. The van der Waals surface area contributed by atoms with Crippen LogP contribution < -0.4 is 33.8 Å². The summed E-state index contributed by atoms with van der Waals surface area (Å²) in [5.41, 5.74) is 1.65. The molecule has 0 amide bonds. The van der Waals surface area contributed by atoms with Crippen LogP contribution in [0.3, 0.4) is 0 Å². The van der Waals surface area contributed by atoms with E-state index in [0.29, 0.717) is 66.7 Å². The first-order valence-corrected chi connectivity index (χ1v) is 16.0. The molecule has 0 bridgehead atoms. The van der Waals surface area contributed by atoms with E-state index in [0.717, 1.165) is 0 Å². The molecule has 47 heavy (non-hydrogen) atoms. The normalized spacial score (nSPS) is 14.0. The molecule has 0 unspecified atom stereocenters. The van der Waals surface area contributed by atoms with Gasteiger partial charge in [-0.05, 0) is 76.8 Å². The van der Waals surface area contributed by atoms with E-state index >= 15 is 0 Å². The fourth-order valence-electron chi connectivity index (χ4n) is 5.02. The smallest absolute Gasteiger partial charge is 0.337 e. The zero-order chi connectivity index (χ0) is 33.7. The van der Waals surface area contributed by atoms with E-state index < -0.39 is 16.9 Å². The number of nitrogens with zero attached hydrogens (tertiary/aromatic N) is 3. The van der Waals surface area contributed by atoms with E-state index in [4.69, 9.17) is 23.7 Å². The summed E-state index contributed by atoms with van der Waals surface area (Å²) in [6.45, 7) is 4.62. The summed E-state index contributed by atoms with van der Waals surface area (Å²) in [4.78, 5) is 42.4. The van der Waals surface area contributed by atoms with Gasteiger partial charge in [0.2, 0.25) is 0 Å². The van der Waals surface area contributed by atoms with Gasteiger partial charge in [-0.2, -0.15) is 0 Å². The average molecular weight is 725 g/mol. The van der Waals surface area contributed by atoms with Crippen molar-refractivity contribution in [2.75, 3.05) is 27.4 Å². The largest absolute Gasteiger partial charge is 0.493 e. The number of carbonyl (C=O) groups excluding carboxylic acids is 1. The fourth-order valence-corrected chi connectivity index (χ4v) is 6.56. The van der Waals surface area contributed by atoms with Crippen LogP contribution in [0.25, 0.3) is 6.08 Å². The number of nitro groups is 1. The van der Waals surface area contributed by atoms with E-state index in [2.05, 4.69) is 20.9 Å². The molecule has 1 atom stereocenters. The lowest BCUT2D eigenvalue weighted by molar-refractivity contribution is -0.384. The third-order valence-corrected chi connectivity index (χ3v) is 8.65. The Morgan fingerprint density at radius 2 is 1.81 bits per heavy atom. The topological polar surface area (TPSA) is 141 Å². The standard InChI is InChI=1S/C33H30BrN3O9S/c1-5-44-25-11-10-21(16-26(25)45-6-2)29-23(32(39)43-4)17-35-33-36(29)31(38)28(47-33)15-20-13-24(34)30(27(14-20)42-3)46-18-19-8-7-9-22(12-19)37(40)41/h7-17,29H,5-6,18H2,1-4H3/b28-15-/t29-/m1/s1. The predicted octanol–water partition coefficient (Wildman–Crippen LogP) is 5.07. The maximum absolute atomic E-state index is 14.0. The molecule has 14 heteroatoms. The number of benzene rings is 3. The summed E-state index contributed by atoms with van der Waals surface area (Å²) in [6.07, 6.45) is 3.12. The van der Waals surface area contributed by atoms with Crippen molar-refractivity contribution in [3.05, 3.63) is 117 Å². The van der Waals surface area contributed by atoms with Crippen molar-refractivity contribution in [3.63, 3.8) is 0 Å². The highest BCUT2D eigenvalue weighted by atomic mass is 79.9. The van der Waals surface area contributed by atoms with Gasteiger partial charge in [-0.1, -0.05) is 29.5 Å². The third-order valence-electron chi connectivity index (χ3n) is 7.06. The Hall–Kier alpha value is -4.95. The van der Waals surface area contributed by atoms with Crippen LogP contribution in [-0.2, 0) is 16.1 Å². The zero-order valence-electron chi connectivity index (χ0n) is 25.9.